The minimum absolute atomic E-state index is 0.715. The van der Waals surface area contributed by atoms with E-state index >= 15 is 0 Å². The molecule has 2 heterocycles. The number of hydrogen-bond acceptors (Lipinski definition) is 4. The number of aromatic nitrogens is 1. The molecular formula is C30H36N2OS2. The Kier molecular flexibility index (Phi) is 11.5. The molecule has 2 aromatic heterocycles. The van der Waals surface area contributed by atoms with Crippen molar-refractivity contribution in [1.82, 2.24) is 4.57 Å². The third-order valence-electron chi connectivity index (χ3n) is 5.49. The van der Waals surface area contributed by atoms with Crippen LogP contribution in [0.1, 0.15) is 58.0 Å². The standard InChI is InChI=1S/C30H36N2OS2/c1-7-12-16-23(8-2)24(9-3)20-25(10-4)28-18-17-26(33-28)21-29-27(11-5)32(30(34)35-29)19-14-13-15-22(6)31/h7,9-10,12,16-18,20-21H,3,5-6,8,13-15,19,31H2,1-2,4H3/b12-7-,23-16+,24-20+,25-10+,29-21+. The molecule has 5 heteroatoms. The molecule has 2 rings (SSSR count). The molecule has 0 saturated heterocycles. The predicted octanol–water partition coefficient (Wildman–Crippen LogP) is 7.34. The first-order chi connectivity index (χ1) is 16.9. The highest BCUT2D eigenvalue weighted by Crippen LogP contribution is 2.25. The van der Waals surface area contributed by atoms with Gasteiger partial charge in [-0.2, -0.15) is 0 Å². The minimum Gasteiger partial charge on any atom is -0.457 e. The van der Waals surface area contributed by atoms with Gasteiger partial charge in [-0.1, -0.05) is 57.0 Å². The molecule has 0 saturated carbocycles. The van der Waals surface area contributed by atoms with E-state index in [4.69, 9.17) is 22.4 Å². The molecule has 2 aromatic rings. The van der Waals surface area contributed by atoms with Gasteiger partial charge in [0.05, 0.1) is 4.53 Å². The van der Waals surface area contributed by atoms with Crippen LogP contribution in [-0.4, -0.2) is 4.57 Å². The van der Waals surface area contributed by atoms with Gasteiger partial charge in [-0.3, -0.25) is 0 Å². The number of rotatable bonds is 12. The summed E-state index contributed by atoms with van der Waals surface area (Å²) in [5, 5.41) is 0.895. The van der Waals surface area contributed by atoms with Crippen molar-refractivity contribution in [1.29, 1.82) is 0 Å². The smallest absolute Gasteiger partial charge is 0.162 e. The lowest BCUT2D eigenvalue weighted by Crippen LogP contribution is -2.27. The van der Waals surface area contributed by atoms with Crippen LogP contribution in [0.2, 0.25) is 0 Å². The predicted molar refractivity (Wildman–Crippen MR) is 156 cm³/mol. The average molecular weight is 505 g/mol. The molecule has 0 unspecified atom stereocenters. The van der Waals surface area contributed by atoms with Crippen molar-refractivity contribution in [3.8, 4) is 0 Å². The van der Waals surface area contributed by atoms with Crippen LogP contribution < -0.4 is 15.6 Å². The first kappa shape index (κ1) is 28.1. The number of nitrogens with zero attached hydrogens (tertiary/aromatic N) is 1. The maximum absolute atomic E-state index is 6.21. The molecular weight excluding hydrogens is 468 g/mol. The Hall–Kier alpha value is -3.11. The lowest BCUT2D eigenvalue weighted by Gasteiger charge is -2.07. The van der Waals surface area contributed by atoms with Crippen molar-refractivity contribution >= 4 is 40.9 Å². The van der Waals surface area contributed by atoms with Crippen molar-refractivity contribution in [3.05, 3.63) is 111 Å². The molecule has 0 aliphatic heterocycles. The van der Waals surface area contributed by atoms with Crippen LogP contribution in [0, 0.1) is 3.95 Å². The topological polar surface area (TPSA) is 44.1 Å². The third-order valence-corrected chi connectivity index (χ3v) is 6.88. The summed E-state index contributed by atoms with van der Waals surface area (Å²) in [6, 6.07) is 3.97. The summed E-state index contributed by atoms with van der Waals surface area (Å²) in [7, 11) is 0. The van der Waals surface area contributed by atoms with E-state index in [1.54, 1.807) is 11.3 Å². The minimum atomic E-state index is 0.715. The fraction of sp³-hybridized carbons (Fsp3) is 0.267. The molecule has 0 amide bonds. The zero-order valence-corrected chi connectivity index (χ0v) is 22.7. The molecule has 2 N–H and O–H groups in total. The first-order valence-electron chi connectivity index (χ1n) is 11.9. The molecule has 0 bridgehead atoms. The highest BCUT2D eigenvalue weighted by Gasteiger charge is 2.08. The Balaban J connectivity index is 2.39. The number of thiazole rings is 1. The number of unbranched alkanes of at least 4 members (excludes halogenated alkanes) is 1. The van der Waals surface area contributed by atoms with Crippen molar-refractivity contribution in [2.24, 2.45) is 5.73 Å². The highest BCUT2D eigenvalue weighted by molar-refractivity contribution is 7.73. The zero-order valence-electron chi connectivity index (χ0n) is 21.1. The van der Waals surface area contributed by atoms with Gasteiger partial charge in [0.1, 0.15) is 16.9 Å². The van der Waals surface area contributed by atoms with E-state index in [-0.39, 0.29) is 0 Å². The Bertz CT molecular complexity index is 1370. The van der Waals surface area contributed by atoms with Crippen molar-refractivity contribution in [3.63, 3.8) is 0 Å². The van der Waals surface area contributed by atoms with E-state index in [9.17, 15) is 0 Å². The van der Waals surface area contributed by atoms with Gasteiger partial charge in [0.15, 0.2) is 3.95 Å². The molecule has 0 spiro atoms. The fourth-order valence-electron chi connectivity index (χ4n) is 3.62. The Morgan fingerprint density at radius 1 is 1.29 bits per heavy atom. The summed E-state index contributed by atoms with van der Waals surface area (Å²) in [4.78, 5) is 0. The van der Waals surface area contributed by atoms with Crippen LogP contribution >= 0.6 is 23.6 Å². The van der Waals surface area contributed by atoms with Crippen LogP contribution in [0.3, 0.4) is 0 Å². The third kappa shape index (κ3) is 7.97. The average Bonchev–Trinajstić information content (AvgIpc) is 3.42. The van der Waals surface area contributed by atoms with Crippen LogP contribution in [-0.2, 0) is 6.54 Å². The fourth-order valence-corrected chi connectivity index (χ4v) is 5.01. The van der Waals surface area contributed by atoms with Gasteiger partial charge in [0.2, 0.25) is 0 Å². The Labute approximate surface area is 218 Å². The van der Waals surface area contributed by atoms with Crippen LogP contribution in [0.5, 0.6) is 0 Å². The molecule has 0 aliphatic rings. The van der Waals surface area contributed by atoms with E-state index in [0.29, 0.717) is 5.70 Å². The number of nitrogens with two attached hydrogens (primary N) is 1. The second-order valence-corrected chi connectivity index (χ2v) is 9.67. The molecule has 35 heavy (non-hydrogen) atoms. The van der Waals surface area contributed by atoms with E-state index < -0.39 is 0 Å². The largest absolute Gasteiger partial charge is 0.457 e. The van der Waals surface area contributed by atoms with E-state index in [1.165, 1.54) is 5.57 Å². The Morgan fingerprint density at radius 2 is 2.06 bits per heavy atom. The summed E-state index contributed by atoms with van der Waals surface area (Å²) in [6.45, 7) is 18.6. The molecule has 184 valence electrons. The second-order valence-electron chi connectivity index (χ2n) is 7.99. The summed E-state index contributed by atoms with van der Waals surface area (Å²) in [6.07, 6.45) is 17.9. The van der Waals surface area contributed by atoms with E-state index in [1.807, 2.05) is 44.2 Å². The van der Waals surface area contributed by atoms with Gasteiger partial charge in [-0.05, 0) is 81.1 Å². The van der Waals surface area contributed by atoms with Gasteiger partial charge >= 0.3 is 0 Å². The molecule has 0 aliphatic carbocycles. The van der Waals surface area contributed by atoms with Gasteiger partial charge in [-0.25, -0.2) is 0 Å². The molecule has 0 aromatic carbocycles. The molecule has 3 nitrogen and oxygen atoms in total. The maximum atomic E-state index is 6.21. The second kappa shape index (κ2) is 14.3. The molecule has 0 radical (unpaired) electrons. The summed E-state index contributed by atoms with van der Waals surface area (Å²) in [5.41, 5.74) is 12.8. The Morgan fingerprint density at radius 3 is 2.66 bits per heavy atom. The summed E-state index contributed by atoms with van der Waals surface area (Å²) >= 11 is 7.16. The SMILES string of the molecule is C=C=c1/c(=C\c2ccc(C(/C=C(C=C)/C(=C/C=C\C)CC)=C/C)o2)sc(=S)n1CCCCC(=C)N. The zero-order chi connectivity index (χ0) is 25.8. The number of furan rings is 1. The quantitative estimate of drug-likeness (QED) is 0.187. The lowest BCUT2D eigenvalue weighted by molar-refractivity contribution is 0.544. The monoisotopic (exact) mass is 504 g/mol. The molecule has 0 atom stereocenters. The van der Waals surface area contributed by atoms with Gasteiger partial charge in [0, 0.05) is 23.9 Å². The van der Waals surface area contributed by atoms with Crippen molar-refractivity contribution in [2.75, 3.05) is 0 Å². The van der Waals surface area contributed by atoms with Crippen LogP contribution in [0.4, 0.5) is 0 Å². The van der Waals surface area contributed by atoms with Crippen molar-refractivity contribution in [2.45, 2.75) is 53.0 Å². The highest BCUT2D eigenvalue weighted by atomic mass is 32.1. The van der Waals surface area contributed by atoms with Gasteiger partial charge in [-0.15, -0.1) is 17.1 Å². The van der Waals surface area contributed by atoms with E-state index in [0.717, 1.165) is 68.7 Å². The van der Waals surface area contributed by atoms with Crippen molar-refractivity contribution < 1.29 is 4.42 Å². The van der Waals surface area contributed by atoms with Crippen LogP contribution in [0.25, 0.3) is 17.4 Å². The van der Waals surface area contributed by atoms with Crippen LogP contribution in [0.15, 0.2) is 89.6 Å². The van der Waals surface area contributed by atoms with Gasteiger partial charge in [0.25, 0.3) is 0 Å². The first-order valence-corrected chi connectivity index (χ1v) is 13.1. The normalized spacial score (nSPS) is 13.5. The maximum Gasteiger partial charge on any atom is 0.162 e. The number of allylic oxidation sites excluding steroid dienone is 10. The summed E-state index contributed by atoms with van der Waals surface area (Å²) in [5.74, 6) is 1.56. The van der Waals surface area contributed by atoms with E-state index in [2.05, 4.69) is 61.3 Å². The summed E-state index contributed by atoms with van der Waals surface area (Å²) < 4.78 is 10.1. The number of hydrogen-bond donors (Lipinski definition) is 1. The van der Waals surface area contributed by atoms with Gasteiger partial charge < -0.3 is 14.7 Å². The molecule has 0 fully saturated rings. The lowest BCUT2D eigenvalue weighted by atomic mass is 9.99.